The van der Waals surface area contributed by atoms with Gasteiger partial charge in [-0.05, 0) is 54.5 Å². The fourth-order valence-electron chi connectivity index (χ4n) is 4.53. The maximum absolute atomic E-state index is 4.88. The first-order chi connectivity index (χ1) is 17.1. The topological polar surface area (TPSA) is 17.3 Å². The van der Waals surface area contributed by atoms with E-state index in [1.165, 1.54) is 56.0 Å². The maximum Gasteiger partial charge on any atom is 0.145 e. The van der Waals surface area contributed by atoms with Crippen molar-refractivity contribution in [3.05, 3.63) is 83.6 Å². The van der Waals surface area contributed by atoms with E-state index in [0.717, 1.165) is 18.5 Å². The van der Waals surface area contributed by atoms with Crippen molar-refractivity contribution in [2.45, 2.75) is 81.6 Å². The van der Waals surface area contributed by atoms with Crippen LogP contribution in [0, 0.1) is 13.8 Å². The highest BCUT2D eigenvalue weighted by Gasteiger charge is 2.16. The lowest BCUT2D eigenvalue weighted by molar-refractivity contribution is 0.923. The van der Waals surface area contributed by atoms with Crippen LogP contribution in [0.15, 0.2) is 66.9 Å². The van der Waals surface area contributed by atoms with Crippen LogP contribution in [0.5, 0.6) is 0 Å². The van der Waals surface area contributed by atoms with Gasteiger partial charge in [0.1, 0.15) is 5.65 Å². The maximum atomic E-state index is 4.88. The molecule has 35 heavy (non-hydrogen) atoms. The van der Waals surface area contributed by atoms with Crippen LogP contribution in [-0.2, 0) is 6.42 Å². The average molecular weight is 469 g/mol. The second-order valence-corrected chi connectivity index (χ2v) is 8.42. The first-order valence-corrected chi connectivity index (χ1v) is 13.5. The molecule has 0 saturated heterocycles. The monoisotopic (exact) mass is 468 g/mol. The normalized spacial score (nSPS) is 10.2. The van der Waals surface area contributed by atoms with Gasteiger partial charge in [0.15, 0.2) is 0 Å². The molecule has 0 N–H and O–H groups in total. The molecule has 0 aliphatic rings. The quantitative estimate of drug-likeness (QED) is 0.241. The number of rotatable bonds is 3. The van der Waals surface area contributed by atoms with E-state index in [1.54, 1.807) is 0 Å². The van der Waals surface area contributed by atoms with Gasteiger partial charge in [-0.3, -0.25) is 4.40 Å². The minimum atomic E-state index is 1.03. The lowest BCUT2D eigenvalue weighted by atomic mass is 9.99. The second-order valence-electron chi connectivity index (χ2n) is 8.42. The van der Waals surface area contributed by atoms with E-state index in [9.17, 15) is 0 Å². The zero-order chi connectivity index (χ0) is 26.0. The molecule has 0 atom stereocenters. The fraction of sp³-hybridized carbons (Fsp3) is 0.364. The van der Waals surface area contributed by atoms with Gasteiger partial charge in [-0.2, -0.15) is 0 Å². The van der Waals surface area contributed by atoms with Crippen LogP contribution in [0.4, 0.5) is 0 Å². The third-order valence-electron chi connectivity index (χ3n) is 5.80. The van der Waals surface area contributed by atoms with Gasteiger partial charge in [0.25, 0.3) is 0 Å². The van der Waals surface area contributed by atoms with Crippen molar-refractivity contribution < 1.29 is 0 Å². The van der Waals surface area contributed by atoms with Gasteiger partial charge in [-0.1, -0.05) is 110 Å². The van der Waals surface area contributed by atoms with Crippen molar-refractivity contribution in [2.75, 3.05) is 0 Å². The number of imidazole rings is 1. The molecule has 2 aromatic heterocycles. The van der Waals surface area contributed by atoms with Crippen molar-refractivity contribution in [3.8, 4) is 11.3 Å². The van der Waals surface area contributed by atoms with Crippen LogP contribution in [0.1, 0.15) is 78.0 Å². The van der Waals surface area contributed by atoms with Crippen molar-refractivity contribution >= 4 is 27.3 Å². The van der Waals surface area contributed by atoms with Crippen molar-refractivity contribution in [1.29, 1.82) is 0 Å². The molecule has 2 heteroatoms. The Morgan fingerprint density at radius 1 is 0.714 bits per heavy atom. The molecule has 186 valence electrons. The fourth-order valence-corrected chi connectivity index (χ4v) is 4.53. The van der Waals surface area contributed by atoms with Crippen LogP contribution in [0.2, 0.25) is 0 Å². The predicted octanol–water partition coefficient (Wildman–Crippen LogP) is 10.3. The molecule has 0 aliphatic heterocycles. The average Bonchev–Trinajstić information content (AvgIpc) is 3.32. The zero-order valence-electron chi connectivity index (χ0n) is 23.4. The number of benzene rings is 3. The number of nitrogens with zero attached hydrogens (tertiary/aromatic N) is 2. The van der Waals surface area contributed by atoms with Crippen LogP contribution in [0.25, 0.3) is 38.6 Å². The van der Waals surface area contributed by atoms with E-state index in [4.69, 9.17) is 4.98 Å². The van der Waals surface area contributed by atoms with Crippen LogP contribution in [0.3, 0.4) is 0 Å². The van der Waals surface area contributed by atoms with E-state index in [2.05, 4.69) is 99.7 Å². The lowest BCUT2D eigenvalue weighted by Gasteiger charge is -2.14. The summed E-state index contributed by atoms with van der Waals surface area (Å²) in [4.78, 5) is 4.88. The molecule has 0 bridgehead atoms. The van der Waals surface area contributed by atoms with Gasteiger partial charge in [-0.15, -0.1) is 0 Å². The molecule has 0 amide bonds. The van der Waals surface area contributed by atoms with E-state index in [0.29, 0.717) is 0 Å². The molecule has 2 heterocycles. The summed E-state index contributed by atoms with van der Waals surface area (Å²) >= 11 is 0. The van der Waals surface area contributed by atoms with Crippen molar-refractivity contribution in [2.24, 2.45) is 0 Å². The SMILES string of the molecule is CC.CC.CCC.CCCc1ccc2c(c1)c1ccccc1c1ncc(-c3c(C)cccc3C)n21. The Labute approximate surface area is 213 Å². The Morgan fingerprint density at radius 2 is 1.31 bits per heavy atom. The molecule has 2 nitrogen and oxygen atoms in total. The summed E-state index contributed by atoms with van der Waals surface area (Å²) in [5.74, 6) is 0. The molecule has 0 spiro atoms. The third kappa shape index (κ3) is 5.75. The predicted molar refractivity (Wildman–Crippen MR) is 158 cm³/mol. The summed E-state index contributed by atoms with van der Waals surface area (Å²) in [6.45, 7) is 18.9. The van der Waals surface area contributed by atoms with Gasteiger partial charge in [0.05, 0.1) is 17.4 Å². The van der Waals surface area contributed by atoms with Crippen LogP contribution >= 0.6 is 0 Å². The van der Waals surface area contributed by atoms with Gasteiger partial charge in [0, 0.05) is 16.3 Å². The summed E-state index contributed by atoms with van der Waals surface area (Å²) in [6.07, 6.45) is 5.55. The molecule has 0 aliphatic carbocycles. The van der Waals surface area contributed by atoms with Crippen molar-refractivity contribution in [1.82, 2.24) is 9.38 Å². The minimum absolute atomic E-state index is 1.03. The van der Waals surface area contributed by atoms with E-state index < -0.39 is 0 Å². The molecule has 0 saturated carbocycles. The molecule has 3 aromatic carbocycles. The standard InChI is InChI=1S/C26H24N2.C3H8.2C2H6/c1-4-8-19-13-14-23-22(15-19)20-11-5-6-12-21(20)26-27-16-24(28(23)26)25-17(2)9-7-10-18(25)3;1-3-2;2*1-2/h5-7,9-16H,4,8H2,1-3H3;3H2,1-2H3;2*1-2H3. The van der Waals surface area contributed by atoms with E-state index in [1.807, 2.05) is 33.9 Å². The minimum Gasteiger partial charge on any atom is -0.292 e. The highest BCUT2D eigenvalue weighted by Crippen LogP contribution is 2.35. The van der Waals surface area contributed by atoms with Gasteiger partial charge in [0.2, 0.25) is 0 Å². The molecule has 0 radical (unpaired) electrons. The van der Waals surface area contributed by atoms with Crippen LogP contribution in [-0.4, -0.2) is 9.38 Å². The zero-order valence-corrected chi connectivity index (χ0v) is 23.4. The molecule has 5 rings (SSSR count). The third-order valence-corrected chi connectivity index (χ3v) is 5.80. The first-order valence-electron chi connectivity index (χ1n) is 13.5. The molecule has 0 unspecified atom stereocenters. The van der Waals surface area contributed by atoms with Gasteiger partial charge >= 0.3 is 0 Å². The molecule has 5 aromatic rings. The number of hydrogen-bond donors (Lipinski definition) is 0. The summed E-state index contributed by atoms with van der Waals surface area (Å²) in [5, 5.41) is 3.79. The molecule has 0 fully saturated rings. The number of fused-ring (bicyclic) bond motifs is 6. The summed E-state index contributed by atoms with van der Waals surface area (Å²) in [7, 11) is 0. The van der Waals surface area contributed by atoms with E-state index in [-0.39, 0.29) is 0 Å². The Hall–Kier alpha value is -3.13. The second kappa shape index (κ2) is 13.7. The van der Waals surface area contributed by atoms with Gasteiger partial charge in [-0.25, -0.2) is 4.98 Å². The lowest BCUT2D eigenvalue weighted by Crippen LogP contribution is -1.97. The molecular weight excluding hydrogens is 424 g/mol. The van der Waals surface area contributed by atoms with Crippen LogP contribution < -0.4 is 0 Å². The Bertz CT molecular complexity index is 1340. The smallest absolute Gasteiger partial charge is 0.145 e. The highest BCUT2D eigenvalue weighted by molar-refractivity contribution is 6.12. The number of aryl methyl sites for hydroxylation is 3. The Morgan fingerprint density at radius 3 is 1.91 bits per heavy atom. The number of pyridine rings is 1. The number of aromatic nitrogens is 2. The highest BCUT2D eigenvalue weighted by atomic mass is 15.0. The van der Waals surface area contributed by atoms with E-state index >= 15 is 0 Å². The summed E-state index contributed by atoms with van der Waals surface area (Å²) < 4.78 is 2.35. The molecular formula is C33H44N2. The van der Waals surface area contributed by atoms with Crippen molar-refractivity contribution in [3.63, 3.8) is 0 Å². The largest absolute Gasteiger partial charge is 0.292 e. The van der Waals surface area contributed by atoms with Gasteiger partial charge < -0.3 is 0 Å². The number of hydrogen-bond acceptors (Lipinski definition) is 1. The Balaban J connectivity index is 0.000000563. The summed E-state index contributed by atoms with van der Waals surface area (Å²) in [6, 6.07) is 22.1. The Kier molecular flexibility index (Phi) is 11.0. The first kappa shape index (κ1) is 28.1. The summed E-state index contributed by atoms with van der Waals surface area (Å²) in [5.41, 5.74) is 8.67.